The number of Topliss-reactive ketones (excluding diaryl/α,β-unsaturated/α-hetero) is 1. The summed E-state index contributed by atoms with van der Waals surface area (Å²) >= 11 is 3.28. The molecule has 4 nitrogen and oxygen atoms in total. The number of rotatable bonds is 4. The molecule has 17 heavy (non-hydrogen) atoms. The van der Waals surface area contributed by atoms with Crippen LogP contribution in [0.4, 0.5) is 0 Å². The Morgan fingerprint density at radius 3 is 2.53 bits per heavy atom. The molecule has 5 heteroatoms. The topological polar surface area (TPSA) is 46.6 Å². The summed E-state index contributed by atoms with van der Waals surface area (Å²) < 4.78 is 6.14. The molecule has 0 aliphatic rings. The van der Waals surface area contributed by atoms with E-state index in [1.54, 1.807) is 32.3 Å². The van der Waals surface area contributed by atoms with Crippen molar-refractivity contribution < 1.29 is 14.3 Å². The Morgan fingerprint density at radius 1 is 1.35 bits per heavy atom. The molecule has 1 amide bonds. The van der Waals surface area contributed by atoms with E-state index in [-0.39, 0.29) is 18.3 Å². The number of benzene rings is 1. The number of hydrogen-bond acceptors (Lipinski definition) is 3. The highest BCUT2D eigenvalue weighted by molar-refractivity contribution is 9.10. The molecule has 1 aromatic carbocycles. The molecule has 0 saturated carbocycles. The zero-order valence-electron chi connectivity index (χ0n) is 9.99. The highest BCUT2D eigenvalue weighted by atomic mass is 79.9. The number of carbonyl (C=O) groups is 2. The Morgan fingerprint density at radius 2 is 2.00 bits per heavy atom. The van der Waals surface area contributed by atoms with Crippen LogP contribution in [0.2, 0.25) is 0 Å². The summed E-state index contributed by atoms with van der Waals surface area (Å²) in [5.74, 6) is 0.178. The first kappa shape index (κ1) is 13.7. The SMILES string of the molecule is CC(=O)c1cc(Br)ccc1OCC(=O)N(C)C. The minimum absolute atomic E-state index is 0.0745. The van der Waals surface area contributed by atoms with Crippen LogP contribution in [-0.2, 0) is 4.79 Å². The molecule has 0 aliphatic carbocycles. The molecule has 0 heterocycles. The number of halogens is 1. The summed E-state index contributed by atoms with van der Waals surface area (Å²) in [4.78, 5) is 24.2. The minimum Gasteiger partial charge on any atom is -0.483 e. The molecular weight excluding hydrogens is 286 g/mol. The van der Waals surface area contributed by atoms with E-state index in [1.807, 2.05) is 0 Å². The summed E-state index contributed by atoms with van der Waals surface area (Å²) in [5.41, 5.74) is 0.464. The smallest absolute Gasteiger partial charge is 0.259 e. The Bertz CT molecular complexity index is 443. The average molecular weight is 300 g/mol. The Balaban J connectivity index is 2.84. The third-order valence-corrected chi connectivity index (χ3v) is 2.66. The van der Waals surface area contributed by atoms with Crippen molar-refractivity contribution in [2.24, 2.45) is 0 Å². The van der Waals surface area contributed by atoms with E-state index in [0.717, 1.165) is 4.47 Å². The van der Waals surface area contributed by atoms with Gasteiger partial charge in [0.15, 0.2) is 12.4 Å². The van der Waals surface area contributed by atoms with Crippen molar-refractivity contribution in [1.82, 2.24) is 4.90 Å². The van der Waals surface area contributed by atoms with Gasteiger partial charge in [0.25, 0.3) is 5.91 Å². The number of nitrogens with zero attached hydrogens (tertiary/aromatic N) is 1. The highest BCUT2D eigenvalue weighted by Gasteiger charge is 2.11. The van der Waals surface area contributed by atoms with Crippen molar-refractivity contribution in [2.75, 3.05) is 20.7 Å². The van der Waals surface area contributed by atoms with E-state index >= 15 is 0 Å². The van der Waals surface area contributed by atoms with Gasteiger partial charge in [-0.15, -0.1) is 0 Å². The van der Waals surface area contributed by atoms with Crippen molar-refractivity contribution >= 4 is 27.6 Å². The first-order valence-corrected chi connectivity index (χ1v) is 5.84. The van der Waals surface area contributed by atoms with Gasteiger partial charge in [-0.25, -0.2) is 0 Å². The quantitative estimate of drug-likeness (QED) is 0.800. The second kappa shape index (κ2) is 5.82. The molecule has 92 valence electrons. The van der Waals surface area contributed by atoms with Crippen LogP contribution >= 0.6 is 15.9 Å². The molecule has 0 aromatic heterocycles. The van der Waals surface area contributed by atoms with Gasteiger partial charge in [-0.1, -0.05) is 15.9 Å². The third-order valence-electron chi connectivity index (χ3n) is 2.17. The minimum atomic E-state index is -0.151. The van der Waals surface area contributed by atoms with E-state index in [4.69, 9.17) is 4.74 Å². The monoisotopic (exact) mass is 299 g/mol. The molecule has 1 rings (SSSR count). The van der Waals surface area contributed by atoms with E-state index < -0.39 is 0 Å². The van der Waals surface area contributed by atoms with Gasteiger partial charge in [0.2, 0.25) is 0 Å². The standard InChI is InChI=1S/C12H14BrNO3/c1-8(15)10-6-9(13)4-5-11(10)17-7-12(16)14(2)3/h4-6H,7H2,1-3H3. The van der Waals surface area contributed by atoms with Gasteiger partial charge in [0.1, 0.15) is 5.75 Å². The van der Waals surface area contributed by atoms with Crippen molar-refractivity contribution in [2.45, 2.75) is 6.92 Å². The van der Waals surface area contributed by atoms with Gasteiger partial charge >= 0.3 is 0 Å². The van der Waals surface area contributed by atoms with Crippen LogP contribution in [-0.4, -0.2) is 37.3 Å². The van der Waals surface area contributed by atoms with E-state index in [2.05, 4.69) is 15.9 Å². The molecule has 0 fully saturated rings. The van der Waals surface area contributed by atoms with E-state index in [0.29, 0.717) is 11.3 Å². The number of likely N-dealkylation sites (N-methyl/N-ethyl adjacent to an activating group) is 1. The summed E-state index contributed by atoms with van der Waals surface area (Å²) in [7, 11) is 3.30. The lowest BCUT2D eigenvalue weighted by Gasteiger charge is -2.13. The highest BCUT2D eigenvalue weighted by Crippen LogP contribution is 2.23. The van der Waals surface area contributed by atoms with Crippen LogP contribution in [0.1, 0.15) is 17.3 Å². The first-order chi connectivity index (χ1) is 7.91. The van der Waals surface area contributed by atoms with Crippen LogP contribution in [0.25, 0.3) is 0 Å². The summed E-state index contributed by atoms with van der Waals surface area (Å²) in [5, 5.41) is 0. The fourth-order valence-electron chi connectivity index (χ4n) is 1.17. The fourth-order valence-corrected chi connectivity index (χ4v) is 1.53. The number of carbonyl (C=O) groups excluding carboxylic acids is 2. The summed E-state index contributed by atoms with van der Waals surface area (Å²) in [6.07, 6.45) is 0. The second-order valence-corrected chi connectivity index (χ2v) is 4.69. The molecular formula is C12H14BrNO3. The maximum atomic E-state index is 11.4. The summed E-state index contributed by atoms with van der Waals surface area (Å²) in [6.45, 7) is 1.39. The average Bonchev–Trinajstić information content (AvgIpc) is 2.26. The largest absolute Gasteiger partial charge is 0.483 e. The second-order valence-electron chi connectivity index (χ2n) is 3.77. The molecule has 0 radical (unpaired) electrons. The van der Waals surface area contributed by atoms with Gasteiger partial charge in [-0.2, -0.15) is 0 Å². The van der Waals surface area contributed by atoms with Gasteiger partial charge in [0, 0.05) is 18.6 Å². The summed E-state index contributed by atoms with van der Waals surface area (Å²) in [6, 6.07) is 5.11. The van der Waals surface area contributed by atoms with E-state index in [9.17, 15) is 9.59 Å². The third kappa shape index (κ3) is 3.85. The predicted octanol–water partition coefficient (Wildman–Crippen LogP) is 2.12. The Hall–Kier alpha value is -1.36. The number of hydrogen-bond donors (Lipinski definition) is 0. The lowest BCUT2D eigenvalue weighted by Crippen LogP contribution is -2.27. The normalized spacial score (nSPS) is 9.88. The molecule has 0 bridgehead atoms. The van der Waals surface area contributed by atoms with Crippen LogP contribution in [0.3, 0.4) is 0 Å². The van der Waals surface area contributed by atoms with Crippen molar-refractivity contribution in [3.63, 3.8) is 0 Å². The molecule has 0 unspecified atom stereocenters. The zero-order chi connectivity index (χ0) is 13.0. The Labute approximate surface area is 109 Å². The predicted molar refractivity (Wildman–Crippen MR) is 68.3 cm³/mol. The molecule has 0 saturated heterocycles. The van der Waals surface area contributed by atoms with Crippen LogP contribution in [0.5, 0.6) is 5.75 Å². The van der Waals surface area contributed by atoms with Gasteiger partial charge in [-0.3, -0.25) is 9.59 Å². The maximum absolute atomic E-state index is 11.4. The number of ether oxygens (including phenoxy) is 1. The lowest BCUT2D eigenvalue weighted by atomic mass is 10.1. The van der Waals surface area contributed by atoms with Crippen LogP contribution in [0, 0.1) is 0 Å². The van der Waals surface area contributed by atoms with Crippen molar-refractivity contribution in [3.05, 3.63) is 28.2 Å². The lowest BCUT2D eigenvalue weighted by molar-refractivity contribution is -0.130. The van der Waals surface area contributed by atoms with Gasteiger partial charge in [0.05, 0.1) is 5.56 Å². The molecule has 0 N–H and O–H groups in total. The molecule has 0 spiro atoms. The molecule has 0 aliphatic heterocycles. The maximum Gasteiger partial charge on any atom is 0.259 e. The fraction of sp³-hybridized carbons (Fsp3) is 0.333. The zero-order valence-corrected chi connectivity index (χ0v) is 11.6. The molecule has 0 atom stereocenters. The van der Waals surface area contributed by atoms with Crippen LogP contribution < -0.4 is 4.74 Å². The number of ketones is 1. The van der Waals surface area contributed by atoms with Gasteiger partial charge in [-0.05, 0) is 25.1 Å². The Kier molecular flexibility index (Phi) is 4.69. The van der Waals surface area contributed by atoms with Gasteiger partial charge < -0.3 is 9.64 Å². The van der Waals surface area contributed by atoms with Crippen molar-refractivity contribution in [3.8, 4) is 5.75 Å². The number of amides is 1. The van der Waals surface area contributed by atoms with Crippen molar-refractivity contribution in [1.29, 1.82) is 0 Å². The van der Waals surface area contributed by atoms with Crippen LogP contribution in [0.15, 0.2) is 22.7 Å². The van der Waals surface area contributed by atoms with E-state index in [1.165, 1.54) is 11.8 Å². The first-order valence-electron chi connectivity index (χ1n) is 5.05. The molecule has 1 aromatic rings.